The molecule has 286 valence electrons. The predicted molar refractivity (Wildman–Crippen MR) is 255 cm³/mol. The first-order valence-corrected chi connectivity index (χ1v) is 24.0. The Labute approximate surface area is 354 Å². The van der Waals surface area contributed by atoms with E-state index in [9.17, 15) is 0 Å². The number of hydrogen-bond donors (Lipinski definition) is 0. The van der Waals surface area contributed by atoms with Crippen molar-refractivity contribution in [2.45, 2.75) is 18.5 Å². The zero-order chi connectivity index (χ0) is 40.3. The van der Waals surface area contributed by atoms with Crippen LogP contribution in [0.3, 0.4) is 0 Å². The van der Waals surface area contributed by atoms with E-state index < -0.39 is 13.5 Å². The highest BCUT2D eigenvalue weighted by molar-refractivity contribution is 7.05. The summed E-state index contributed by atoms with van der Waals surface area (Å²) in [4.78, 5) is 5.01. The van der Waals surface area contributed by atoms with Crippen LogP contribution in [0.5, 0.6) is 0 Å². The molecule has 1 aliphatic heterocycles. The van der Waals surface area contributed by atoms with Gasteiger partial charge in [-0.2, -0.15) is 0 Å². The Morgan fingerprint density at radius 1 is 0.317 bits per heavy atom. The van der Waals surface area contributed by atoms with E-state index in [4.69, 9.17) is 0 Å². The van der Waals surface area contributed by atoms with Gasteiger partial charge in [-0.05, 0) is 116 Å². The summed E-state index contributed by atoms with van der Waals surface area (Å²) >= 11 is 0. The van der Waals surface area contributed by atoms with Crippen molar-refractivity contribution in [2.75, 3.05) is 9.80 Å². The average molecular weight is 785 g/mol. The van der Waals surface area contributed by atoms with Gasteiger partial charge in [0.1, 0.15) is 8.07 Å². The molecule has 0 fully saturated rings. The van der Waals surface area contributed by atoms with Crippen LogP contribution in [0.2, 0.25) is 13.1 Å². The Bertz CT molecular complexity index is 2870. The van der Waals surface area contributed by atoms with Crippen LogP contribution < -0.4 is 20.2 Å². The topological polar surface area (TPSA) is 6.48 Å². The van der Waals surface area contributed by atoms with Gasteiger partial charge in [-0.3, -0.25) is 0 Å². The normalized spacial score (nSPS) is 13.8. The summed E-state index contributed by atoms with van der Waals surface area (Å²) in [5, 5.41) is 2.92. The maximum atomic E-state index is 2.60. The van der Waals surface area contributed by atoms with Gasteiger partial charge in [0.2, 0.25) is 0 Å². The Morgan fingerprint density at radius 2 is 0.683 bits per heavy atom. The van der Waals surface area contributed by atoms with Gasteiger partial charge in [0.05, 0.1) is 5.41 Å². The molecule has 9 aromatic carbocycles. The summed E-state index contributed by atoms with van der Waals surface area (Å²) in [5.41, 5.74) is 16.9. The summed E-state index contributed by atoms with van der Waals surface area (Å²) in [6, 6.07) is 85.2. The molecule has 0 saturated carbocycles. The molecular weight excluding hydrogens is 741 g/mol. The van der Waals surface area contributed by atoms with Crippen LogP contribution >= 0.6 is 0 Å². The van der Waals surface area contributed by atoms with Crippen molar-refractivity contribution in [2.24, 2.45) is 0 Å². The number of nitrogens with zero attached hydrogens (tertiary/aromatic N) is 2. The van der Waals surface area contributed by atoms with Gasteiger partial charge in [0.15, 0.2) is 0 Å². The monoisotopic (exact) mass is 784 g/mol. The van der Waals surface area contributed by atoms with Crippen LogP contribution in [0.25, 0.3) is 22.3 Å². The second-order valence-corrected chi connectivity index (χ2v) is 20.7. The van der Waals surface area contributed by atoms with Crippen LogP contribution in [0.15, 0.2) is 231 Å². The number of fused-ring (bicyclic) bond motifs is 2. The minimum Gasteiger partial charge on any atom is -0.311 e. The standard InChI is InChI=1S/C57H44N2Si/c1-60(2)55-51(58(43-27-13-5-14-28-43)44-29-15-6-16-30-44)39-37-48-47-35-21-22-36-49(47)57(41-23-9-3-10-24-41,42-25-11-4-12-26-42)50-38-40-52(56(60)54(50)53(48)55)59(45-31-17-7-18-32-45)46-33-19-8-20-34-46/h3-40H,1-2H3. The first kappa shape index (κ1) is 35.9. The molecule has 0 spiro atoms. The number of benzene rings is 9. The Hall–Kier alpha value is -7.20. The van der Waals surface area contributed by atoms with Gasteiger partial charge in [-0.1, -0.05) is 183 Å². The third-order valence-electron chi connectivity index (χ3n) is 12.8. The van der Waals surface area contributed by atoms with E-state index >= 15 is 0 Å². The van der Waals surface area contributed by atoms with Crippen LogP contribution in [0.1, 0.15) is 22.3 Å². The largest absolute Gasteiger partial charge is 0.311 e. The molecule has 60 heavy (non-hydrogen) atoms. The summed E-state index contributed by atoms with van der Waals surface area (Å²) in [5.74, 6) is 0. The molecule has 0 aromatic heterocycles. The first-order chi connectivity index (χ1) is 29.6. The second-order valence-electron chi connectivity index (χ2n) is 16.4. The molecule has 0 N–H and O–H groups in total. The van der Waals surface area contributed by atoms with E-state index in [1.807, 2.05) is 0 Å². The fraction of sp³-hybridized carbons (Fsp3) is 0.0526. The quantitative estimate of drug-likeness (QED) is 0.142. The van der Waals surface area contributed by atoms with Crippen LogP contribution in [0.4, 0.5) is 34.1 Å². The van der Waals surface area contributed by atoms with Crippen molar-refractivity contribution in [1.29, 1.82) is 0 Å². The summed E-state index contributed by atoms with van der Waals surface area (Å²) < 4.78 is 0. The van der Waals surface area contributed by atoms with Crippen molar-refractivity contribution >= 4 is 52.6 Å². The van der Waals surface area contributed by atoms with Gasteiger partial charge in [-0.15, -0.1) is 0 Å². The summed E-state index contributed by atoms with van der Waals surface area (Å²) in [6.07, 6.45) is 0. The van der Waals surface area contributed by atoms with Gasteiger partial charge < -0.3 is 9.80 Å². The highest BCUT2D eigenvalue weighted by Crippen LogP contribution is 2.58. The maximum absolute atomic E-state index is 2.64. The van der Waals surface area contributed by atoms with E-state index in [2.05, 4.69) is 253 Å². The predicted octanol–water partition coefficient (Wildman–Crippen LogP) is 13.8. The summed E-state index contributed by atoms with van der Waals surface area (Å²) in [6.45, 7) is 5.20. The molecule has 1 heterocycles. The number of hydrogen-bond acceptors (Lipinski definition) is 2. The van der Waals surface area contributed by atoms with E-state index in [1.165, 1.54) is 66.3 Å². The van der Waals surface area contributed by atoms with Gasteiger partial charge in [0, 0.05) is 34.1 Å². The molecule has 0 unspecified atom stereocenters. The van der Waals surface area contributed by atoms with Crippen LogP contribution in [-0.2, 0) is 5.41 Å². The molecule has 0 bridgehead atoms. The van der Waals surface area contributed by atoms with Crippen LogP contribution in [-0.4, -0.2) is 8.07 Å². The van der Waals surface area contributed by atoms with E-state index in [1.54, 1.807) is 0 Å². The van der Waals surface area contributed by atoms with Crippen molar-refractivity contribution < 1.29 is 0 Å². The fourth-order valence-electron chi connectivity index (χ4n) is 10.5. The van der Waals surface area contributed by atoms with Crippen molar-refractivity contribution in [1.82, 2.24) is 0 Å². The Morgan fingerprint density at radius 3 is 1.13 bits per heavy atom. The van der Waals surface area contributed by atoms with Gasteiger partial charge in [0.25, 0.3) is 0 Å². The minimum atomic E-state index is -2.64. The van der Waals surface area contributed by atoms with E-state index in [-0.39, 0.29) is 0 Å². The van der Waals surface area contributed by atoms with Gasteiger partial charge >= 0.3 is 0 Å². The zero-order valence-electron chi connectivity index (χ0n) is 33.8. The van der Waals surface area contributed by atoms with E-state index in [0.29, 0.717) is 0 Å². The van der Waals surface area contributed by atoms with Crippen molar-refractivity contribution in [3.8, 4) is 22.3 Å². The van der Waals surface area contributed by atoms with E-state index in [0.717, 1.165) is 22.7 Å². The molecule has 11 rings (SSSR count). The van der Waals surface area contributed by atoms with Crippen molar-refractivity contribution in [3.05, 3.63) is 253 Å². The van der Waals surface area contributed by atoms with Gasteiger partial charge in [-0.25, -0.2) is 0 Å². The third-order valence-corrected chi connectivity index (χ3v) is 16.4. The minimum absolute atomic E-state index is 0.615. The summed E-state index contributed by atoms with van der Waals surface area (Å²) in [7, 11) is -2.64. The molecule has 2 nitrogen and oxygen atoms in total. The molecule has 9 aromatic rings. The lowest BCUT2D eigenvalue weighted by atomic mass is 9.63. The number of rotatable bonds is 8. The highest BCUT2D eigenvalue weighted by atomic mass is 28.3. The smallest absolute Gasteiger partial charge is 0.119 e. The Kier molecular flexibility index (Phi) is 8.54. The van der Waals surface area contributed by atoms with Crippen molar-refractivity contribution in [3.63, 3.8) is 0 Å². The lowest BCUT2D eigenvalue weighted by Crippen LogP contribution is -2.52. The molecule has 0 radical (unpaired) electrons. The van der Waals surface area contributed by atoms with Crippen LogP contribution in [0, 0.1) is 0 Å². The zero-order valence-corrected chi connectivity index (χ0v) is 34.8. The number of para-hydroxylation sites is 4. The molecular formula is C57H44N2Si. The number of anilines is 6. The molecule has 0 atom stereocenters. The highest BCUT2D eigenvalue weighted by Gasteiger charge is 2.52. The second kappa shape index (κ2) is 14.3. The SMILES string of the molecule is C[Si]1(C)c2c(N(c3ccccc3)c3ccccc3)ccc3c2-c2c(ccc(N(c4ccccc4)c4ccccc4)c21)C(c1ccccc1)(c1ccccc1)c1ccccc1-3. The molecule has 0 saturated heterocycles. The molecule has 1 aliphatic carbocycles. The Balaban J connectivity index is 1.34. The lowest BCUT2D eigenvalue weighted by Gasteiger charge is -2.40. The lowest BCUT2D eigenvalue weighted by molar-refractivity contribution is 0.752. The first-order valence-electron chi connectivity index (χ1n) is 21.0. The fourth-order valence-corrected chi connectivity index (χ4v) is 14.2. The average Bonchev–Trinajstić information content (AvgIpc) is 3.50. The molecule has 3 heteroatoms. The third kappa shape index (κ3) is 5.33. The molecule has 0 amide bonds. The molecule has 2 aliphatic rings. The maximum Gasteiger partial charge on any atom is 0.119 e.